The van der Waals surface area contributed by atoms with E-state index >= 15 is 0 Å². The van der Waals surface area contributed by atoms with Gasteiger partial charge in [-0.2, -0.15) is 0 Å². The molecule has 184 valence electrons. The number of carbonyl (C=O) groups is 2. The van der Waals surface area contributed by atoms with Gasteiger partial charge in [0.25, 0.3) is 5.56 Å². The highest BCUT2D eigenvalue weighted by atomic mass is 19.1. The summed E-state index contributed by atoms with van der Waals surface area (Å²) in [5, 5.41) is 13.6. The number of pyridine rings is 1. The van der Waals surface area contributed by atoms with Crippen LogP contribution < -0.4 is 15.6 Å². The van der Waals surface area contributed by atoms with E-state index in [1.54, 1.807) is 43.3 Å². The monoisotopic (exact) mass is 482 g/mol. The normalized spacial score (nSPS) is 11.5. The summed E-state index contributed by atoms with van der Waals surface area (Å²) in [6.45, 7) is 2.01. The Bertz CT molecular complexity index is 1220. The van der Waals surface area contributed by atoms with E-state index < -0.39 is 23.2 Å². The van der Waals surface area contributed by atoms with Crippen LogP contribution in [0.25, 0.3) is 0 Å². The van der Waals surface area contributed by atoms with E-state index in [1.807, 2.05) is 0 Å². The number of aromatic amines is 1. The third kappa shape index (κ3) is 6.47. The zero-order valence-corrected chi connectivity index (χ0v) is 19.5. The van der Waals surface area contributed by atoms with Gasteiger partial charge in [-0.3, -0.25) is 9.59 Å². The number of hydrogen-bond donors (Lipinski definition) is 3. The zero-order valence-electron chi connectivity index (χ0n) is 19.5. The number of benzene rings is 2. The Labute approximate surface area is 201 Å². The van der Waals surface area contributed by atoms with Crippen molar-refractivity contribution in [1.29, 1.82) is 0 Å². The van der Waals surface area contributed by atoms with Gasteiger partial charge < -0.3 is 24.9 Å². The first-order valence-corrected chi connectivity index (χ1v) is 11.1. The van der Waals surface area contributed by atoms with Crippen molar-refractivity contribution in [3.63, 3.8) is 0 Å². The van der Waals surface area contributed by atoms with Crippen LogP contribution in [0.3, 0.4) is 0 Å². The lowest BCUT2D eigenvalue weighted by Crippen LogP contribution is -2.29. The van der Waals surface area contributed by atoms with Crippen LogP contribution in [0.1, 0.15) is 46.3 Å². The van der Waals surface area contributed by atoms with Crippen molar-refractivity contribution < 1.29 is 28.6 Å². The van der Waals surface area contributed by atoms with Crippen molar-refractivity contribution in [3.8, 4) is 11.5 Å². The lowest BCUT2D eigenvalue weighted by Gasteiger charge is -2.19. The Morgan fingerprint density at radius 3 is 2.43 bits per heavy atom. The van der Waals surface area contributed by atoms with Gasteiger partial charge in [0.05, 0.1) is 19.3 Å². The minimum atomic E-state index is -0.857. The molecule has 1 aromatic heterocycles. The van der Waals surface area contributed by atoms with Crippen molar-refractivity contribution in [1.82, 2.24) is 10.3 Å². The van der Waals surface area contributed by atoms with Gasteiger partial charge >= 0.3 is 5.97 Å². The largest absolute Gasteiger partial charge is 0.506 e. The van der Waals surface area contributed by atoms with Crippen LogP contribution in [0.15, 0.2) is 59.5 Å². The van der Waals surface area contributed by atoms with E-state index in [-0.39, 0.29) is 35.9 Å². The number of amides is 1. The fourth-order valence-electron chi connectivity index (χ4n) is 3.70. The molecule has 0 fully saturated rings. The molecule has 1 heterocycles. The van der Waals surface area contributed by atoms with Crippen molar-refractivity contribution in [2.75, 3.05) is 20.3 Å². The number of H-pyrrole nitrogens is 1. The van der Waals surface area contributed by atoms with Crippen LogP contribution in [-0.4, -0.2) is 42.2 Å². The fraction of sp³-hybridized carbons (Fsp3) is 0.269. The van der Waals surface area contributed by atoms with E-state index in [9.17, 15) is 23.9 Å². The summed E-state index contributed by atoms with van der Waals surface area (Å²) < 4.78 is 23.2. The van der Waals surface area contributed by atoms with Crippen molar-refractivity contribution in [2.45, 2.75) is 25.7 Å². The molecule has 0 aliphatic rings. The molecule has 0 saturated carbocycles. The lowest BCUT2D eigenvalue weighted by molar-refractivity contribution is -0.121. The smallest absolute Gasteiger partial charge is 0.343 e. The highest BCUT2D eigenvalue weighted by Crippen LogP contribution is 2.34. The van der Waals surface area contributed by atoms with E-state index in [4.69, 9.17) is 9.47 Å². The van der Waals surface area contributed by atoms with E-state index in [0.717, 1.165) is 11.8 Å². The quantitative estimate of drug-likeness (QED) is 0.382. The molecular formula is C26H27FN2O6. The molecule has 8 nitrogen and oxygen atoms in total. The second-order valence-corrected chi connectivity index (χ2v) is 7.77. The van der Waals surface area contributed by atoms with Crippen molar-refractivity contribution in [3.05, 3.63) is 93.2 Å². The SMILES string of the molecule is CCOC(=O)c1c[nH]c(=O)c([C@@H](CC(=O)NCCc2ccc(F)cc2)c2ccc(OC)cc2)c1O. The number of halogens is 1. The molecule has 0 radical (unpaired) electrons. The van der Waals surface area contributed by atoms with E-state index in [2.05, 4.69) is 10.3 Å². The number of carbonyl (C=O) groups excluding carboxylic acids is 2. The van der Waals surface area contributed by atoms with Gasteiger partial charge in [0.2, 0.25) is 5.91 Å². The molecular weight excluding hydrogens is 455 g/mol. The Hall–Kier alpha value is -4.14. The van der Waals surface area contributed by atoms with E-state index in [0.29, 0.717) is 24.3 Å². The lowest BCUT2D eigenvalue weighted by atomic mass is 9.87. The van der Waals surface area contributed by atoms with Gasteiger partial charge in [-0.05, 0) is 48.7 Å². The molecule has 0 aliphatic carbocycles. The van der Waals surface area contributed by atoms with Crippen LogP contribution in [-0.2, 0) is 16.0 Å². The maximum Gasteiger partial charge on any atom is 0.343 e. The van der Waals surface area contributed by atoms with Crippen LogP contribution >= 0.6 is 0 Å². The Balaban J connectivity index is 1.88. The van der Waals surface area contributed by atoms with Gasteiger partial charge in [-0.15, -0.1) is 0 Å². The molecule has 35 heavy (non-hydrogen) atoms. The van der Waals surface area contributed by atoms with Crippen molar-refractivity contribution in [2.24, 2.45) is 0 Å². The summed E-state index contributed by atoms with van der Waals surface area (Å²) in [6.07, 6.45) is 1.41. The summed E-state index contributed by atoms with van der Waals surface area (Å²) in [5.41, 5.74) is 0.484. The first kappa shape index (κ1) is 25.5. The highest BCUT2D eigenvalue weighted by Gasteiger charge is 2.28. The molecule has 1 atom stereocenters. The predicted octanol–water partition coefficient (Wildman–Crippen LogP) is 3.29. The van der Waals surface area contributed by atoms with Crippen LogP contribution in [0.2, 0.25) is 0 Å². The molecule has 0 bridgehead atoms. The molecule has 3 rings (SSSR count). The molecule has 0 saturated heterocycles. The van der Waals surface area contributed by atoms with Gasteiger partial charge in [0, 0.05) is 25.1 Å². The summed E-state index contributed by atoms with van der Waals surface area (Å²) in [5.74, 6) is -2.31. The summed E-state index contributed by atoms with van der Waals surface area (Å²) in [7, 11) is 1.51. The highest BCUT2D eigenvalue weighted by molar-refractivity contribution is 5.92. The molecule has 9 heteroatoms. The minimum absolute atomic E-state index is 0.0884. The molecule has 2 aromatic carbocycles. The number of aromatic hydroxyl groups is 1. The molecule has 1 amide bonds. The average molecular weight is 483 g/mol. The van der Waals surface area contributed by atoms with Crippen molar-refractivity contribution >= 4 is 11.9 Å². The van der Waals surface area contributed by atoms with Crippen LogP contribution in [0.5, 0.6) is 11.5 Å². The Morgan fingerprint density at radius 1 is 1.11 bits per heavy atom. The second kappa shape index (κ2) is 11.8. The average Bonchev–Trinajstić information content (AvgIpc) is 2.85. The number of ether oxygens (including phenoxy) is 2. The zero-order chi connectivity index (χ0) is 25.4. The minimum Gasteiger partial charge on any atom is -0.506 e. The van der Waals surface area contributed by atoms with Gasteiger partial charge in [0.15, 0.2) is 0 Å². The number of aromatic nitrogens is 1. The topological polar surface area (TPSA) is 118 Å². The summed E-state index contributed by atoms with van der Waals surface area (Å²) in [6, 6.07) is 12.7. The van der Waals surface area contributed by atoms with Gasteiger partial charge in [-0.1, -0.05) is 24.3 Å². The van der Waals surface area contributed by atoms with Gasteiger partial charge in [0.1, 0.15) is 22.9 Å². The third-order valence-electron chi connectivity index (χ3n) is 5.50. The number of hydrogen-bond acceptors (Lipinski definition) is 6. The first-order chi connectivity index (χ1) is 16.8. The van der Waals surface area contributed by atoms with E-state index in [1.165, 1.54) is 19.2 Å². The number of methoxy groups -OCH3 is 1. The predicted molar refractivity (Wildman–Crippen MR) is 127 cm³/mol. The maximum atomic E-state index is 13.1. The fourth-order valence-corrected chi connectivity index (χ4v) is 3.70. The Morgan fingerprint density at radius 2 is 1.80 bits per heavy atom. The first-order valence-electron chi connectivity index (χ1n) is 11.1. The molecule has 0 spiro atoms. The van der Waals surface area contributed by atoms with Gasteiger partial charge in [-0.25, -0.2) is 9.18 Å². The standard InChI is InChI=1S/C26H27FN2O6/c1-3-35-26(33)21-15-29-25(32)23(24(21)31)20(17-6-10-19(34-2)11-7-17)14-22(30)28-13-12-16-4-8-18(27)9-5-16/h4-11,15,20H,3,12-14H2,1-2H3,(H,28,30)(H2,29,31,32)/t20-/m0/s1. The second-order valence-electron chi connectivity index (χ2n) is 7.77. The number of esters is 1. The summed E-state index contributed by atoms with van der Waals surface area (Å²) in [4.78, 5) is 40.3. The molecule has 3 N–H and O–H groups in total. The third-order valence-corrected chi connectivity index (χ3v) is 5.50. The molecule has 3 aromatic rings. The summed E-state index contributed by atoms with van der Waals surface area (Å²) >= 11 is 0. The molecule has 0 unspecified atom stereocenters. The van der Waals surface area contributed by atoms with Crippen LogP contribution in [0, 0.1) is 5.82 Å². The maximum absolute atomic E-state index is 13.1. The number of rotatable bonds is 10. The van der Waals surface area contributed by atoms with Crippen LogP contribution in [0.4, 0.5) is 4.39 Å². The molecule has 0 aliphatic heterocycles. The Kier molecular flexibility index (Phi) is 8.61. The number of nitrogens with one attached hydrogen (secondary N) is 2.